The molecular weight excluding hydrogens is 164 g/mol. The number of aldehydes is 1. The van der Waals surface area contributed by atoms with E-state index in [1.54, 1.807) is 18.3 Å². The average molecular weight is 178 g/mol. The molecule has 0 bridgehead atoms. The highest BCUT2D eigenvalue weighted by Gasteiger charge is 2.10. The van der Waals surface area contributed by atoms with Crippen LogP contribution in [-0.2, 0) is 0 Å². The molecule has 0 spiro atoms. The van der Waals surface area contributed by atoms with Gasteiger partial charge in [0.25, 0.3) is 0 Å². The molecule has 0 aliphatic heterocycles. The number of aromatic nitrogens is 1. The molecular formula is C10H14N2O. The summed E-state index contributed by atoms with van der Waals surface area (Å²) in [5.41, 5.74) is 7.30. The average Bonchev–Trinajstić information content (AvgIpc) is 2.17. The van der Waals surface area contributed by atoms with E-state index in [1.807, 2.05) is 13.8 Å². The minimum Gasteiger partial charge on any atom is -0.322 e. The van der Waals surface area contributed by atoms with Crippen LogP contribution in [0.2, 0.25) is 0 Å². The SMILES string of the molecule is CC(C)[C@@H](N)c1ccc(C=O)cn1. The van der Waals surface area contributed by atoms with Gasteiger partial charge in [0, 0.05) is 17.8 Å². The van der Waals surface area contributed by atoms with Crippen LogP contribution in [0.1, 0.15) is 35.9 Å². The lowest BCUT2D eigenvalue weighted by molar-refractivity contribution is 0.112. The van der Waals surface area contributed by atoms with Gasteiger partial charge in [0.05, 0.1) is 5.69 Å². The Morgan fingerprint density at radius 2 is 2.15 bits per heavy atom. The summed E-state index contributed by atoms with van der Waals surface area (Å²) < 4.78 is 0. The smallest absolute Gasteiger partial charge is 0.151 e. The lowest BCUT2D eigenvalue weighted by atomic mass is 10.0. The Labute approximate surface area is 78.0 Å². The second-order valence-corrected chi connectivity index (χ2v) is 3.40. The lowest BCUT2D eigenvalue weighted by Gasteiger charge is -2.14. The number of nitrogens with zero attached hydrogens (tertiary/aromatic N) is 1. The molecule has 0 amide bonds. The molecule has 0 saturated heterocycles. The van der Waals surface area contributed by atoms with Gasteiger partial charge in [0.15, 0.2) is 6.29 Å². The molecule has 1 atom stereocenters. The molecule has 0 aliphatic rings. The van der Waals surface area contributed by atoms with Crippen molar-refractivity contribution in [2.24, 2.45) is 11.7 Å². The molecule has 0 fully saturated rings. The van der Waals surface area contributed by atoms with Crippen molar-refractivity contribution in [3.8, 4) is 0 Å². The first kappa shape index (κ1) is 9.86. The first-order chi connectivity index (χ1) is 6.15. The fourth-order valence-corrected chi connectivity index (χ4v) is 1.03. The zero-order valence-corrected chi connectivity index (χ0v) is 7.90. The van der Waals surface area contributed by atoms with Gasteiger partial charge in [-0.2, -0.15) is 0 Å². The maximum Gasteiger partial charge on any atom is 0.151 e. The van der Waals surface area contributed by atoms with E-state index in [0.717, 1.165) is 12.0 Å². The number of pyridine rings is 1. The van der Waals surface area contributed by atoms with Gasteiger partial charge >= 0.3 is 0 Å². The van der Waals surface area contributed by atoms with Crippen molar-refractivity contribution in [3.63, 3.8) is 0 Å². The Kier molecular flexibility index (Phi) is 3.14. The highest BCUT2D eigenvalue weighted by Crippen LogP contribution is 2.15. The molecule has 1 aromatic rings. The van der Waals surface area contributed by atoms with E-state index in [1.165, 1.54) is 0 Å². The largest absolute Gasteiger partial charge is 0.322 e. The van der Waals surface area contributed by atoms with Crippen LogP contribution in [0.5, 0.6) is 0 Å². The number of hydrogen-bond acceptors (Lipinski definition) is 3. The van der Waals surface area contributed by atoms with E-state index in [4.69, 9.17) is 5.73 Å². The topological polar surface area (TPSA) is 56.0 Å². The van der Waals surface area contributed by atoms with Crippen LogP contribution < -0.4 is 5.73 Å². The number of hydrogen-bond donors (Lipinski definition) is 1. The normalized spacial score (nSPS) is 12.9. The Morgan fingerprint density at radius 1 is 1.46 bits per heavy atom. The molecule has 0 aliphatic carbocycles. The minimum absolute atomic E-state index is 0.0549. The van der Waals surface area contributed by atoms with E-state index in [0.29, 0.717) is 11.5 Å². The Hall–Kier alpha value is -1.22. The minimum atomic E-state index is -0.0549. The predicted octanol–water partition coefficient (Wildman–Crippen LogP) is 1.55. The molecule has 0 saturated carbocycles. The third-order valence-corrected chi connectivity index (χ3v) is 2.01. The molecule has 0 aromatic carbocycles. The van der Waals surface area contributed by atoms with Crippen LogP contribution in [0.15, 0.2) is 18.3 Å². The van der Waals surface area contributed by atoms with E-state index in [2.05, 4.69) is 4.98 Å². The predicted molar refractivity (Wildman–Crippen MR) is 51.4 cm³/mol. The molecule has 3 nitrogen and oxygen atoms in total. The highest BCUT2D eigenvalue weighted by atomic mass is 16.1. The number of carbonyl (C=O) groups excluding carboxylic acids is 1. The van der Waals surface area contributed by atoms with E-state index in [-0.39, 0.29) is 6.04 Å². The van der Waals surface area contributed by atoms with Gasteiger partial charge in [0.2, 0.25) is 0 Å². The Balaban J connectivity index is 2.85. The van der Waals surface area contributed by atoms with Gasteiger partial charge < -0.3 is 5.73 Å². The van der Waals surface area contributed by atoms with Crippen LogP contribution in [0.25, 0.3) is 0 Å². The summed E-state index contributed by atoms with van der Waals surface area (Å²) in [5, 5.41) is 0. The lowest BCUT2D eigenvalue weighted by Crippen LogP contribution is -2.17. The second kappa shape index (κ2) is 4.14. The van der Waals surface area contributed by atoms with Gasteiger partial charge in [-0.1, -0.05) is 13.8 Å². The third kappa shape index (κ3) is 2.36. The van der Waals surface area contributed by atoms with Gasteiger partial charge in [-0.05, 0) is 18.1 Å². The molecule has 3 heteroatoms. The molecule has 2 N–H and O–H groups in total. The van der Waals surface area contributed by atoms with E-state index in [9.17, 15) is 4.79 Å². The first-order valence-electron chi connectivity index (χ1n) is 4.32. The summed E-state index contributed by atoms with van der Waals surface area (Å²) >= 11 is 0. The van der Waals surface area contributed by atoms with Crippen LogP contribution >= 0.6 is 0 Å². The Morgan fingerprint density at radius 3 is 2.54 bits per heavy atom. The second-order valence-electron chi connectivity index (χ2n) is 3.40. The summed E-state index contributed by atoms with van der Waals surface area (Å²) in [6.45, 7) is 4.08. The molecule has 13 heavy (non-hydrogen) atoms. The third-order valence-electron chi connectivity index (χ3n) is 2.01. The van der Waals surface area contributed by atoms with Gasteiger partial charge in [-0.25, -0.2) is 0 Å². The fraction of sp³-hybridized carbons (Fsp3) is 0.400. The molecule has 70 valence electrons. The first-order valence-corrected chi connectivity index (χ1v) is 4.32. The van der Waals surface area contributed by atoms with Crippen LogP contribution in [0.4, 0.5) is 0 Å². The quantitative estimate of drug-likeness (QED) is 0.714. The van der Waals surface area contributed by atoms with Crippen molar-refractivity contribution < 1.29 is 4.79 Å². The van der Waals surface area contributed by atoms with E-state index >= 15 is 0 Å². The van der Waals surface area contributed by atoms with Crippen molar-refractivity contribution in [1.29, 1.82) is 0 Å². The number of nitrogens with two attached hydrogens (primary N) is 1. The molecule has 0 unspecified atom stereocenters. The standard InChI is InChI=1S/C10H14N2O/c1-7(2)10(11)9-4-3-8(6-13)5-12-9/h3-7,10H,11H2,1-2H3/t10-/m1/s1. The van der Waals surface area contributed by atoms with Crippen molar-refractivity contribution in [3.05, 3.63) is 29.6 Å². The maximum atomic E-state index is 10.4. The highest BCUT2D eigenvalue weighted by molar-refractivity contribution is 5.73. The van der Waals surface area contributed by atoms with Gasteiger partial charge in [-0.15, -0.1) is 0 Å². The van der Waals surface area contributed by atoms with Crippen molar-refractivity contribution in [2.45, 2.75) is 19.9 Å². The number of rotatable bonds is 3. The van der Waals surface area contributed by atoms with E-state index < -0.39 is 0 Å². The summed E-state index contributed by atoms with van der Waals surface area (Å²) in [7, 11) is 0. The molecule has 1 aromatic heterocycles. The summed E-state index contributed by atoms with van der Waals surface area (Å²) in [4.78, 5) is 14.5. The molecule has 0 radical (unpaired) electrons. The summed E-state index contributed by atoms with van der Waals surface area (Å²) in [5.74, 6) is 0.356. The Bertz CT molecular complexity index is 279. The van der Waals surface area contributed by atoms with Gasteiger partial charge in [0.1, 0.15) is 0 Å². The molecule has 1 rings (SSSR count). The molecule has 1 heterocycles. The zero-order valence-electron chi connectivity index (χ0n) is 7.90. The van der Waals surface area contributed by atoms with Crippen LogP contribution in [-0.4, -0.2) is 11.3 Å². The van der Waals surface area contributed by atoms with Crippen molar-refractivity contribution >= 4 is 6.29 Å². The van der Waals surface area contributed by atoms with Crippen LogP contribution in [0, 0.1) is 5.92 Å². The van der Waals surface area contributed by atoms with Gasteiger partial charge in [-0.3, -0.25) is 9.78 Å². The monoisotopic (exact) mass is 178 g/mol. The number of carbonyl (C=O) groups is 1. The zero-order chi connectivity index (χ0) is 9.84. The summed E-state index contributed by atoms with van der Waals surface area (Å²) in [6.07, 6.45) is 2.32. The van der Waals surface area contributed by atoms with Crippen molar-refractivity contribution in [2.75, 3.05) is 0 Å². The van der Waals surface area contributed by atoms with Crippen LogP contribution in [0.3, 0.4) is 0 Å². The maximum absolute atomic E-state index is 10.4. The summed E-state index contributed by atoms with van der Waals surface area (Å²) in [6, 6.07) is 3.48. The fourth-order valence-electron chi connectivity index (χ4n) is 1.03. The van der Waals surface area contributed by atoms with Crippen molar-refractivity contribution in [1.82, 2.24) is 4.98 Å².